The number of fused-ring (bicyclic) bond motifs is 1. The van der Waals surface area contributed by atoms with Gasteiger partial charge in [-0.05, 0) is 89.7 Å². The second-order valence-electron chi connectivity index (χ2n) is 25.9. The number of aromatic amines is 3. The van der Waals surface area contributed by atoms with Gasteiger partial charge >= 0.3 is 5.97 Å². The lowest BCUT2D eigenvalue weighted by Crippen LogP contribution is -2.62. The number of aromatic nitrogens is 5. The fourth-order valence-corrected chi connectivity index (χ4v) is 11.1. The fourth-order valence-electron chi connectivity index (χ4n) is 11.1. The molecule has 0 spiro atoms. The zero-order valence-corrected chi connectivity index (χ0v) is 57.7. The summed E-state index contributed by atoms with van der Waals surface area (Å²) >= 11 is 0. The van der Waals surface area contributed by atoms with Gasteiger partial charge in [0.25, 0.3) is 0 Å². The standard InChI is InChI=1S/C64H97N21O16/c1-30(2)19-40(65)55(93)79-43(20-31(3)4)56(94)75-32(5)53(91)78-47(24-49(88)89)57(95)76-33(6)54(92)84-51(35(8)87)62(100)82-46(23-38-27-70-29-74-38)59(97)80-45(22-37-26-69-28-73-37)58(96)77-42(15-11-17-71-64(67)68)63(101)85-18-12-16-48(85)61(99)81-44(60(98)83-50(34(7)86)52(66)90)21-36-25-72-41-14-10-9-13-39(36)41/h9-10,13-14,25-35,40,42-48,50-51,72,86-87H,11-12,15-24,65H2,1-8H3,(H2,66,90)(H,69,73)(H,70,74)(H,75,94)(H,76,95)(H,77,96)(H,78,91)(H,79,93)(H,80,97)(H,81,99)(H,82,100)(H,83,98)(H,84,92)(H,88,89)(H4,67,68,71)/t32-,33-,34+,35+,40-,42-,43-,44-,45-,46-,47-,48-,50-,51-/m0/s1. The van der Waals surface area contributed by atoms with Crippen molar-refractivity contribution in [3.8, 4) is 0 Å². The number of carboxylic acids is 1. The molecule has 4 heterocycles. The molecule has 0 aliphatic carbocycles. The highest BCUT2D eigenvalue weighted by Gasteiger charge is 2.42. The molecule has 0 bridgehead atoms. The summed E-state index contributed by atoms with van der Waals surface area (Å²) in [5, 5.41) is 56.7. The molecule has 0 radical (unpaired) electrons. The maximum absolute atomic E-state index is 14.9. The Bertz CT molecular complexity index is 3540. The van der Waals surface area contributed by atoms with Crippen molar-refractivity contribution >= 4 is 93.7 Å². The highest BCUT2D eigenvalue weighted by molar-refractivity contribution is 6.00. The molecule has 554 valence electrons. The topological polar surface area (TPSA) is 596 Å². The van der Waals surface area contributed by atoms with E-state index < -0.39 is 168 Å². The number of para-hydroxylation sites is 1. The van der Waals surface area contributed by atoms with E-state index in [1.54, 1.807) is 44.3 Å². The van der Waals surface area contributed by atoms with Crippen LogP contribution in [0.15, 0.2) is 60.5 Å². The van der Waals surface area contributed by atoms with Gasteiger partial charge in [-0.3, -0.25) is 67.3 Å². The number of hydrogen-bond acceptors (Lipinski definition) is 19. The zero-order chi connectivity index (χ0) is 74.9. The fraction of sp³-hybridized carbons (Fsp3) is 0.562. The lowest BCUT2D eigenvalue weighted by atomic mass is 10.0. The number of benzene rings is 1. The SMILES string of the molecule is CC(C)C[C@H](NC(=O)[C@@H](N)CC(C)C)C(=O)N[C@@H](C)C(=O)N[C@@H](CC(=O)O)C(=O)N[C@@H](C)C(=O)N[C@H](C(=O)N[C@@H](Cc1cnc[nH]1)C(=O)N[C@@H](Cc1cnc[nH]1)C(=O)N[C@@H](CCCN=C(N)N)C(=O)N1CCC[C@H]1C(=O)N[C@@H](Cc1c[nH]c2ccccc12)C(=O)N[C@H](C(N)=O)[C@@H](C)O)[C@@H](C)O. The van der Waals surface area contributed by atoms with Gasteiger partial charge in [-0.25, -0.2) is 9.97 Å². The third-order valence-corrected chi connectivity index (χ3v) is 16.4. The first-order valence-corrected chi connectivity index (χ1v) is 33.2. The molecular weight excluding hydrogens is 1320 g/mol. The van der Waals surface area contributed by atoms with Crippen LogP contribution < -0.4 is 76.1 Å². The van der Waals surface area contributed by atoms with Gasteiger partial charge in [-0.15, -0.1) is 0 Å². The van der Waals surface area contributed by atoms with E-state index in [-0.39, 0.29) is 81.5 Å². The van der Waals surface area contributed by atoms with Gasteiger partial charge in [-0.1, -0.05) is 45.9 Å². The molecule has 5 rings (SSSR count). The minimum absolute atomic E-state index is 0.00300. The molecule has 4 aromatic rings. The number of nitrogens with one attached hydrogen (secondary N) is 13. The molecule has 14 atom stereocenters. The van der Waals surface area contributed by atoms with Crippen molar-refractivity contribution in [3.05, 3.63) is 72.5 Å². The number of aliphatic carboxylic acids is 1. The van der Waals surface area contributed by atoms with Crippen LogP contribution in [-0.2, 0) is 81.6 Å². The zero-order valence-electron chi connectivity index (χ0n) is 57.7. The summed E-state index contributed by atoms with van der Waals surface area (Å²) in [6.07, 6.45) is 2.81. The van der Waals surface area contributed by atoms with E-state index in [1.165, 1.54) is 43.8 Å². The first-order valence-electron chi connectivity index (χ1n) is 33.2. The number of amides is 12. The Morgan fingerprint density at radius 1 is 0.574 bits per heavy atom. The highest BCUT2D eigenvalue weighted by Crippen LogP contribution is 2.23. The summed E-state index contributed by atoms with van der Waals surface area (Å²) in [4.78, 5) is 201. The Balaban J connectivity index is 1.33. The van der Waals surface area contributed by atoms with Crippen LogP contribution in [-0.4, -0.2) is 226 Å². The van der Waals surface area contributed by atoms with Crippen molar-refractivity contribution in [1.29, 1.82) is 0 Å². The molecule has 3 aromatic heterocycles. The number of rotatable bonds is 40. The number of nitrogens with zero attached hydrogens (tertiary/aromatic N) is 4. The average molecular weight is 1420 g/mol. The largest absolute Gasteiger partial charge is 0.481 e. The summed E-state index contributed by atoms with van der Waals surface area (Å²) in [5.41, 5.74) is 24.6. The van der Waals surface area contributed by atoms with Crippen LogP contribution in [0.4, 0.5) is 0 Å². The third-order valence-electron chi connectivity index (χ3n) is 16.4. The normalized spacial score (nSPS) is 16.7. The number of primary amides is 1. The van der Waals surface area contributed by atoms with E-state index in [1.807, 2.05) is 13.8 Å². The number of likely N-dealkylation sites (tertiary alicyclic amines) is 1. The number of guanidine groups is 1. The van der Waals surface area contributed by atoms with Crippen LogP contribution in [0.1, 0.15) is 117 Å². The first-order chi connectivity index (χ1) is 47.6. The first kappa shape index (κ1) is 81.1. The van der Waals surface area contributed by atoms with E-state index >= 15 is 0 Å². The van der Waals surface area contributed by atoms with Crippen LogP contribution >= 0.6 is 0 Å². The number of carbonyl (C=O) groups is 13. The minimum atomic E-state index is -1.88. The molecule has 1 aromatic carbocycles. The van der Waals surface area contributed by atoms with Gasteiger partial charge in [0.05, 0.1) is 37.3 Å². The van der Waals surface area contributed by atoms with E-state index in [0.717, 1.165) is 24.8 Å². The quantitative estimate of drug-likeness (QED) is 0.0112. The van der Waals surface area contributed by atoms with Crippen LogP contribution in [0.3, 0.4) is 0 Å². The number of imidazole rings is 2. The number of aliphatic imine (C=N–C) groups is 1. The molecule has 1 saturated heterocycles. The molecular formula is C64H97N21O16. The Morgan fingerprint density at radius 3 is 1.60 bits per heavy atom. The van der Waals surface area contributed by atoms with Crippen LogP contribution in [0.25, 0.3) is 10.9 Å². The molecule has 1 aliphatic heterocycles. The molecule has 101 heavy (non-hydrogen) atoms. The van der Waals surface area contributed by atoms with E-state index in [2.05, 4.69) is 83.1 Å². The molecule has 1 fully saturated rings. The number of hydrogen-bond donors (Lipinski definition) is 20. The number of nitrogens with two attached hydrogens (primary N) is 4. The van der Waals surface area contributed by atoms with Crippen molar-refractivity contribution in [1.82, 2.24) is 83.0 Å². The highest BCUT2D eigenvalue weighted by atomic mass is 16.4. The van der Waals surface area contributed by atoms with Gasteiger partial charge in [-0.2, -0.15) is 0 Å². The predicted octanol–water partition coefficient (Wildman–Crippen LogP) is -5.28. The predicted molar refractivity (Wildman–Crippen MR) is 364 cm³/mol. The molecule has 1 aliphatic rings. The summed E-state index contributed by atoms with van der Waals surface area (Å²) in [5.74, 6) is -13.1. The number of carboxylic acid groups (broad SMARTS) is 1. The maximum Gasteiger partial charge on any atom is 0.305 e. The van der Waals surface area contributed by atoms with Crippen molar-refractivity contribution in [2.24, 2.45) is 39.8 Å². The summed E-state index contributed by atoms with van der Waals surface area (Å²) in [7, 11) is 0. The average Bonchev–Trinajstić information content (AvgIpc) is 1.72. The van der Waals surface area contributed by atoms with Gasteiger partial charge in [0.1, 0.15) is 66.5 Å². The molecule has 37 nitrogen and oxygen atoms in total. The van der Waals surface area contributed by atoms with E-state index in [9.17, 15) is 77.6 Å². The third kappa shape index (κ3) is 25.3. The van der Waals surface area contributed by atoms with Gasteiger partial charge < -0.3 is 111 Å². The molecule has 24 N–H and O–H groups in total. The monoisotopic (exact) mass is 1420 g/mol. The summed E-state index contributed by atoms with van der Waals surface area (Å²) in [6, 6.07) is -10.4. The Hall–Kier alpha value is -10.6. The molecule has 12 amide bonds. The Kier molecular flexibility index (Phi) is 31.1. The summed E-state index contributed by atoms with van der Waals surface area (Å²) in [6.45, 7) is 12.1. The molecule has 0 unspecified atom stereocenters. The van der Waals surface area contributed by atoms with Crippen molar-refractivity contribution < 1.29 is 77.6 Å². The van der Waals surface area contributed by atoms with Crippen LogP contribution in [0.2, 0.25) is 0 Å². The van der Waals surface area contributed by atoms with Crippen molar-refractivity contribution in [2.45, 2.75) is 204 Å². The number of H-pyrrole nitrogens is 3. The molecule has 37 heteroatoms. The number of aliphatic hydroxyl groups excluding tert-OH is 2. The minimum Gasteiger partial charge on any atom is -0.481 e. The van der Waals surface area contributed by atoms with E-state index in [0.29, 0.717) is 24.1 Å². The maximum atomic E-state index is 14.9. The van der Waals surface area contributed by atoms with Crippen LogP contribution in [0.5, 0.6) is 0 Å². The van der Waals surface area contributed by atoms with Gasteiger partial charge in [0.15, 0.2) is 5.96 Å². The Labute approximate surface area is 582 Å². The lowest BCUT2D eigenvalue weighted by Gasteiger charge is -2.31. The van der Waals surface area contributed by atoms with Gasteiger partial charge in [0.2, 0.25) is 70.9 Å². The number of aliphatic hydroxyl groups is 2. The number of carbonyl (C=O) groups excluding carboxylic acids is 12. The second-order valence-corrected chi connectivity index (χ2v) is 25.9. The van der Waals surface area contributed by atoms with Crippen LogP contribution in [0, 0.1) is 11.8 Å². The van der Waals surface area contributed by atoms with E-state index in [4.69, 9.17) is 22.9 Å². The Morgan fingerprint density at radius 2 is 1.07 bits per heavy atom. The molecule has 0 saturated carbocycles. The second kappa shape index (κ2) is 38.7. The smallest absolute Gasteiger partial charge is 0.305 e. The van der Waals surface area contributed by atoms with Gasteiger partial charge in [0, 0.05) is 73.2 Å². The van der Waals surface area contributed by atoms with Crippen molar-refractivity contribution in [3.63, 3.8) is 0 Å². The van der Waals surface area contributed by atoms with Crippen molar-refractivity contribution in [2.75, 3.05) is 13.1 Å². The summed E-state index contributed by atoms with van der Waals surface area (Å²) < 4.78 is 0. The lowest BCUT2D eigenvalue weighted by molar-refractivity contribution is -0.142.